The zero-order valence-corrected chi connectivity index (χ0v) is 21.9. The number of hydrogen-bond acceptors (Lipinski definition) is 5. The molecule has 0 heterocycles. The third kappa shape index (κ3) is 6.91. The zero-order chi connectivity index (χ0) is 27.8. The molecule has 0 spiro atoms. The number of nitrogens with one attached hydrogen (secondary N) is 2. The van der Waals surface area contributed by atoms with Crippen LogP contribution in [-0.2, 0) is 25.7 Å². The standard InChI is InChI=1S/C31H32N2O6/c1-20(29(34)33-28(30(35)36)21(2)38-18-22-10-4-3-5-11-22)16-17-32-31(37)39-19-27-25-14-8-6-12-23(25)24-13-7-9-15-26(24)27/h3-16,21,27-28H,17-19H2,1-2H3,(H,32,37)(H,33,34)(H,35,36)/b20-16+. The van der Waals surface area contributed by atoms with Crippen LogP contribution >= 0.6 is 0 Å². The first-order valence-corrected chi connectivity index (χ1v) is 12.8. The van der Waals surface area contributed by atoms with Gasteiger partial charge in [0.25, 0.3) is 0 Å². The van der Waals surface area contributed by atoms with Gasteiger partial charge < -0.3 is 25.2 Å². The Kier molecular flexibility index (Phi) is 9.12. The molecule has 2 atom stereocenters. The lowest BCUT2D eigenvalue weighted by molar-refractivity contribution is -0.146. The molecule has 0 saturated heterocycles. The summed E-state index contributed by atoms with van der Waals surface area (Å²) in [5.41, 5.74) is 5.69. The number of hydrogen-bond donors (Lipinski definition) is 3. The summed E-state index contributed by atoms with van der Waals surface area (Å²) in [5, 5.41) is 14.7. The van der Waals surface area contributed by atoms with Crippen molar-refractivity contribution >= 4 is 18.0 Å². The highest BCUT2D eigenvalue weighted by atomic mass is 16.5. The highest BCUT2D eigenvalue weighted by molar-refractivity contribution is 5.95. The lowest BCUT2D eigenvalue weighted by Gasteiger charge is -2.22. The van der Waals surface area contributed by atoms with Gasteiger partial charge in [-0.3, -0.25) is 4.79 Å². The molecular formula is C31H32N2O6. The maximum absolute atomic E-state index is 12.6. The summed E-state index contributed by atoms with van der Waals surface area (Å²) >= 11 is 0. The van der Waals surface area contributed by atoms with Crippen LogP contribution < -0.4 is 10.6 Å². The van der Waals surface area contributed by atoms with Crippen molar-refractivity contribution in [2.24, 2.45) is 0 Å². The van der Waals surface area contributed by atoms with Crippen molar-refractivity contribution in [2.75, 3.05) is 13.2 Å². The quantitative estimate of drug-likeness (QED) is 0.312. The average Bonchev–Trinajstić information content (AvgIpc) is 3.27. The first-order valence-electron chi connectivity index (χ1n) is 12.8. The topological polar surface area (TPSA) is 114 Å². The van der Waals surface area contributed by atoms with Crippen LogP contribution in [0.15, 0.2) is 90.5 Å². The van der Waals surface area contributed by atoms with Gasteiger partial charge in [0.1, 0.15) is 6.61 Å². The normalized spacial score (nSPS) is 14.1. The van der Waals surface area contributed by atoms with Gasteiger partial charge in [-0.2, -0.15) is 0 Å². The smallest absolute Gasteiger partial charge is 0.407 e. The lowest BCUT2D eigenvalue weighted by Crippen LogP contribution is -2.48. The van der Waals surface area contributed by atoms with Crippen LogP contribution in [0.3, 0.4) is 0 Å². The van der Waals surface area contributed by atoms with E-state index in [2.05, 4.69) is 22.8 Å². The molecule has 1 aliphatic rings. The van der Waals surface area contributed by atoms with E-state index in [9.17, 15) is 19.5 Å². The van der Waals surface area contributed by atoms with E-state index in [1.807, 2.05) is 66.7 Å². The average molecular weight is 529 g/mol. The van der Waals surface area contributed by atoms with Crippen LogP contribution in [-0.4, -0.2) is 48.4 Å². The Morgan fingerprint density at radius 1 is 0.923 bits per heavy atom. The van der Waals surface area contributed by atoms with Crippen molar-refractivity contribution in [2.45, 2.75) is 38.5 Å². The molecule has 0 fully saturated rings. The van der Waals surface area contributed by atoms with Gasteiger partial charge in [0, 0.05) is 18.0 Å². The summed E-state index contributed by atoms with van der Waals surface area (Å²) in [7, 11) is 0. The maximum Gasteiger partial charge on any atom is 0.407 e. The minimum atomic E-state index is -1.24. The molecule has 0 bridgehead atoms. The van der Waals surface area contributed by atoms with Crippen molar-refractivity contribution < 1.29 is 29.0 Å². The fourth-order valence-electron chi connectivity index (χ4n) is 4.56. The van der Waals surface area contributed by atoms with E-state index in [0.717, 1.165) is 27.8 Å². The molecule has 3 N–H and O–H groups in total. The van der Waals surface area contributed by atoms with E-state index >= 15 is 0 Å². The number of aliphatic carboxylic acids is 1. The van der Waals surface area contributed by atoms with Gasteiger partial charge in [-0.25, -0.2) is 9.59 Å². The molecule has 3 aromatic carbocycles. The Bertz CT molecular complexity index is 1310. The minimum absolute atomic E-state index is 0.0493. The van der Waals surface area contributed by atoms with E-state index < -0.39 is 30.1 Å². The molecule has 2 amide bonds. The molecule has 8 nitrogen and oxygen atoms in total. The summed E-state index contributed by atoms with van der Waals surface area (Å²) in [5.74, 6) is -1.81. The molecule has 2 unspecified atom stereocenters. The van der Waals surface area contributed by atoms with Gasteiger partial charge in [0.15, 0.2) is 6.04 Å². The van der Waals surface area contributed by atoms with Crippen molar-refractivity contribution in [3.8, 4) is 11.1 Å². The summed E-state index contributed by atoms with van der Waals surface area (Å²) in [6.45, 7) is 3.60. The predicted octanol–water partition coefficient (Wildman–Crippen LogP) is 4.65. The van der Waals surface area contributed by atoms with Crippen LogP contribution in [0.1, 0.15) is 36.5 Å². The molecule has 202 valence electrons. The van der Waals surface area contributed by atoms with Crippen LogP contribution in [0.4, 0.5) is 4.79 Å². The Hall–Kier alpha value is -4.43. The maximum atomic E-state index is 12.6. The third-order valence-electron chi connectivity index (χ3n) is 6.73. The number of benzene rings is 3. The van der Waals surface area contributed by atoms with Crippen molar-refractivity contribution in [1.82, 2.24) is 10.6 Å². The molecule has 0 aromatic heterocycles. The van der Waals surface area contributed by atoms with E-state index in [1.165, 1.54) is 6.08 Å². The molecular weight excluding hydrogens is 496 g/mol. The number of carboxylic acid groups (broad SMARTS) is 1. The fourth-order valence-corrected chi connectivity index (χ4v) is 4.56. The molecule has 0 aliphatic heterocycles. The fraction of sp³-hybridized carbons (Fsp3) is 0.258. The number of carboxylic acids is 1. The van der Waals surface area contributed by atoms with Gasteiger partial charge in [-0.05, 0) is 41.7 Å². The summed E-state index contributed by atoms with van der Waals surface area (Å²) in [6.07, 6.45) is 0.136. The minimum Gasteiger partial charge on any atom is -0.480 e. The first-order chi connectivity index (χ1) is 18.8. The Morgan fingerprint density at radius 3 is 2.13 bits per heavy atom. The first kappa shape index (κ1) is 27.6. The van der Waals surface area contributed by atoms with Crippen LogP contribution in [0.25, 0.3) is 11.1 Å². The van der Waals surface area contributed by atoms with E-state index in [-0.39, 0.29) is 31.2 Å². The van der Waals surface area contributed by atoms with Crippen LogP contribution in [0.5, 0.6) is 0 Å². The Labute approximate surface area is 227 Å². The summed E-state index contributed by atoms with van der Waals surface area (Å²) < 4.78 is 11.2. The van der Waals surface area contributed by atoms with Crippen LogP contribution in [0.2, 0.25) is 0 Å². The molecule has 4 rings (SSSR count). The second-order valence-corrected chi connectivity index (χ2v) is 9.38. The van der Waals surface area contributed by atoms with Gasteiger partial charge in [0.05, 0.1) is 12.7 Å². The molecule has 1 aliphatic carbocycles. The Morgan fingerprint density at radius 2 is 1.51 bits per heavy atom. The van der Waals surface area contributed by atoms with Gasteiger partial charge in [0.2, 0.25) is 5.91 Å². The number of carbonyl (C=O) groups is 3. The zero-order valence-electron chi connectivity index (χ0n) is 21.9. The third-order valence-corrected chi connectivity index (χ3v) is 6.73. The van der Waals surface area contributed by atoms with Crippen molar-refractivity contribution in [1.29, 1.82) is 0 Å². The van der Waals surface area contributed by atoms with E-state index in [1.54, 1.807) is 13.8 Å². The molecule has 0 saturated carbocycles. The van der Waals surface area contributed by atoms with Crippen molar-refractivity contribution in [3.05, 3.63) is 107 Å². The number of alkyl carbamates (subject to hydrolysis) is 1. The Balaban J connectivity index is 1.25. The SMILES string of the molecule is C/C(=C\CNC(=O)OCC1c2ccccc2-c2ccccc21)C(=O)NC(C(=O)O)C(C)OCc1ccccc1. The largest absolute Gasteiger partial charge is 0.480 e. The predicted molar refractivity (Wildman–Crippen MR) is 147 cm³/mol. The van der Waals surface area contributed by atoms with Crippen molar-refractivity contribution in [3.63, 3.8) is 0 Å². The second kappa shape index (κ2) is 12.9. The number of carbonyl (C=O) groups excluding carboxylic acids is 2. The number of fused-ring (bicyclic) bond motifs is 3. The molecule has 3 aromatic rings. The lowest BCUT2D eigenvalue weighted by atomic mass is 9.98. The highest BCUT2D eigenvalue weighted by Crippen LogP contribution is 2.44. The summed E-state index contributed by atoms with van der Waals surface area (Å²) in [6, 6.07) is 24.3. The monoisotopic (exact) mass is 528 g/mol. The number of ether oxygens (including phenoxy) is 2. The van der Waals surface area contributed by atoms with Gasteiger partial charge in [-0.1, -0.05) is 84.9 Å². The number of rotatable bonds is 11. The van der Waals surface area contributed by atoms with Gasteiger partial charge >= 0.3 is 12.1 Å². The molecule has 39 heavy (non-hydrogen) atoms. The highest BCUT2D eigenvalue weighted by Gasteiger charge is 2.29. The molecule has 8 heteroatoms. The van der Waals surface area contributed by atoms with E-state index in [4.69, 9.17) is 9.47 Å². The second-order valence-electron chi connectivity index (χ2n) is 9.38. The van der Waals surface area contributed by atoms with Crippen LogP contribution in [0, 0.1) is 0 Å². The summed E-state index contributed by atoms with van der Waals surface area (Å²) in [4.78, 5) is 36.7. The number of amides is 2. The van der Waals surface area contributed by atoms with E-state index in [0.29, 0.717) is 0 Å². The van der Waals surface area contributed by atoms with Gasteiger partial charge in [-0.15, -0.1) is 0 Å². The molecule has 0 radical (unpaired) electrons.